The second-order valence-corrected chi connectivity index (χ2v) is 20.8. The predicted molar refractivity (Wildman–Crippen MR) is 235 cm³/mol. The highest BCUT2D eigenvalue weighted by Gasteiger charge is 2.39. The highest BCUT2D eigenvalue weighted by molar-refractivity contribution is 7.02. The highest BCUT2D eigenvalue weighted by Crippen LogP contribution is 2.44. The molecule has 6 heteroatoms. The van der Waals surface area contributed by atoms with Gasteiger partial charge in [0.05, 0.1) is 22.5 Å². The molecule has 0 saturated carbocycles. The third-order valence-corrected chi connectivity index (χ3v) is 15.2. The molecule has 6 aromatic carbocycles. The van der Waals surface area contributed by atoms with E-state index in [-0.39, 0.29) is 11.2 Å². The molecule has 0 fully saturated rings. The topological polar surface area (TPSA) is 55.9 Å². The minimum Gasteiger partial charge on any atom is -0.507 e. The molecular formula is C50H42N4OSi. The molecule has 0 saturated heterocycles. The molecule has 0 spiro atoms. The summed E-state index contributed by atoms with van der Waals surface area (Å²) in [6.45, 7) is 11.7. The Balaban J connectivity index is 1.30. The van der Waals surface area contributed by atoms with E-state index in [0.29, 0.717) is 11.4 Å². The quantitative estimate of drug-likeness (QED) is 0.179. The zero-order chi connectivity index (χ0) is 38.3. The van der Waals surface area contributed by atoms with E-state index >= 15 is 0 Å². The normalized spacial score (nSPS) is 13.3. The Morgan fingerprint density at radius 2 is 1.29 bits per heavy atom. The molecule has 0 amide bonds. The van der Waals surface area contributed by atoms with Crippen LogP contribution in [0.4, 0.5) is 0 Å². The molecule has 0 radical (unpaired) electrons. The van der Waals surface area contributed by atoms with Gasteiger partial charge in [0.2, 0.25) is 0 Å². The van der Waals surface area contributed by atoms with Crippen molar-refractivity contribution < 1.29 is 5.11 Å². The van der Waals surface area contributed by atoms with Crippen LogP contribution in [0.1, 0.15) is 26.3 Å². The molecule has 1 N–H and O–H groups in total. The average molecular weight is 743 g/mol. The van der Waals surface area contributed by atoms with Crippen LogP contribution in [0.25, 0.3) is 78.3 Å². The summed E-state index contributed by atoms with van der Waals surface area (Å²) >= 11 is 0. The molecule has 0 unspecified atom stereocenters. The predicted octanol–water partition coefficient (Wildman–Crippen LogP) is 11.2. The standard InChI is InChI=1S/C50H42N4OSi/c1-50(2,3)36-24-25-41(39(31-36)33-17-10-7-11-18-33)53-47-38-20-14-22-45-46(38)54(49(47)52-48(53)37-19-12-13-21-43(37)55)42-30-35(23-26-44(42)56(45,4)5)40-29-34(27-28-51-40)32-15-8-6-9-16-32/h6-31,55H,1-5H3. The van der Waals surface area contributed by atoms with Gasteiger partial charge in [-0.25, -0.2) is 4.98 Å². The number of pyridine rings is 1. The maximum atomic E-state index is 11.5. The molecule has 0 bridgehead atoms. The number of para-hydroxylation sites is 2. The first kappa shape index (κ1) is 34.0. The van der Waals surface area contributed by atoms with Gasteiger partial charge in [-0.3, -0.25) is 14.1 Å². The number of nitrogens with zero attached hydrogens (tertiary/aromatic N) is 4. The third kappa shape index (κ3) is 5.20. The van der Waals surface area contributed by atoms with E-state index in [0.717, 1.165) is 61.4 Å². The maximum Gasteiger partial charge on any atom is 0.165 e. The molecule has 272 valence electrons. The first-order valence-corrected chi connectivity index (χ1v) is 22.3. The van der Waals surface area contributed by atoms with Crippen LogP contribution in [0, 0.1) is 0 Å². The lowest BCUT2D eigenvalue weighted by atomic mass is 9.85. The number of rotatable bonds is 5. The number of hydrogen-bond acceptors (Lipinski definition) is 3. The number of imidazole rings is 1. The van der Waals surface area contributed by atoms with Crippen molar-refractivity contribution in [3.05, 3.63) is 163 Å². The number of hydrogen-bond donors (Lipinski definition) is 1. The van der Waals surface area contributed by atoms with E-state index in [2.05, 4.69) is 164 Å². The summed E-state index contributed by atoms with van der Waals surface area (Å²) in [5.74, 6) is 0.889. The summed E-state index contributed by atoms with van der Waals surface area (Å²) in [6.07, 6.45) is 1.91. The Bertz CT molecular complexity index is 2990. The molecule has 3 aromatic heterocycles. The Morgan fingerprint density at radius 3 is 2.04 bits per heavy atom. The molecule has 0 aliphatic carbocycles. The van der Waals surface area contributed by atoms with E-state index in [1.54, 1.807) is 6.07 Å². The minimum atomic E-state index is -2.18. The van der Waals surface area contributed by atoms with Crippen LogP contribution in [0.3, 0.4) is 0 Å². The largest absolute Gasteiger partial charge is 0.507 e. The molecule has 1 aliphatic rings. The summed E-state index contributed by atoms with van der Waals surface area (Å²) < 4.78 is 4.69. The first-order valence-electron chi connectivity index (χ1n) is 19.3. The molecule has 5 nitrogen and oxygen atoms in total. The number of aromatic hydroxyl groups is 1. The second-order valence-electron chi connectivity index (χ2n) is 16.5. The van der Waals surface area contributed by atoms with Crippen molar-refractivity contribution in [1.82, 2.24) is 19.1 Å². The summed E-state index contributed by atoms with van der Waals surface area (Å²) in [5.41, 5.74) is 13.7. The number of phenolic OH excluding ortho intramolecular Hbond substituents is 1. The molecule has 0 atom stereocenters. The fourth-order valence-electron chi connectivity index (χ4n) is 8.70. The van der Waals surface area contributed by atoms with Gasteiger partial charge in [0, 0.05) is 28.4 Å². The van der Waals surface area contributed by atoms with Crippen molar-refractivity contribution in [3.8, 4) is 62.0 Å². The summed E-state index contributed by atoms with van der Waals surface area (Å²) in [5, 5.41) is 15.4. The first-order chi connectivity index (χ1) is 27.1. The Morgan fingerprint density at radius 1 is 0.554 bits per heavy atom. The van der Waals surface area contributed by atoms with E-state index in [1.165, 1.54) is 21.5 Å². The zero-order valence-corrected chi connectivity index (χ0v) is 33.2. The SMILES string of the molecule is CC(C)(C)c1ccc(-n2c(-c3ccccc3O)nc3c2c2cccc4c2n3-c2cc(-c3cc(-c5ccccc5)ccn3)ccc2[Si]4(C)C)c(-c2ccccc2)c1. The van der Waals surface area contributed by atoms with Crippen LogP contribution in [0.5, 0.6) is 5.75 Å². The number of aromatic nitrogens is 4. The van der Waals surface area contributed by atoms with Gasteiger partial charge in [-0.2, -0.15) is 0 Å². The molecule has 4 heterocycles. The van der Waals surface area contributed by atoms with Gasteiger partial charge in [0.15, 0.2) is 11.5 Å². The van der Waals surface area contributed by atoms with Crippen molar-refractivity contribution in [2.45, 2.75) is 39.3 Å². The highest BCUT2D eigenvalue weighted by atomic mass is 28.3. The second kappa shape index (κ2) is 12.5. The summed E-state index contributed by atoms with van der Waals surface area (Å²) in [6, 6.07) is 53.4. The fraction of sp³-hybridized carbons (Fsp3) is 0.120. The van der Waals surface area contributed by atoms with Crippen LogP contribution in [0.15, 0.2) is 158 Å². The van der Waals surface area contributed by atoms with E-state index < -0.39 is 8.07 Å². The van der Waals surface area contributed by atoms with Gasteiger partial charge in [0.1, 0.15) is 19.3 Å². The van der Waals surface area contributed by atoms with Gasteiger partial charge >= 0.3 is 0 Å². The van der Waals surface area contributed by atoms with Gasteiger partial charge in [0.25, 0.3) is 0 Å². The average Bonchev–Trinajstić information content (AvgIpc) is 3.75. The van der Waals surface area contributed by atoms with Crippen molar-refractivity contribution in [2.75, 3.05) is 0 Å². The Hall–Kier alpha value is -6.50. The lowest BCUT2D eigenvalue weighted by Crippen LogP contribution is -2.57. The van der Waals surface area contributed by atoms with Crippen molar-refractivity contribution >= 4 is 40.5 Å². The van der Waals surface area contributed by atoms with Gasteiger partial charge in [-0.1, -0.05) is 143 Å². The summed E-state index contributed by atoms with van der Waals surface area (Å²) in [7, 11) is -2.18. The van der Waals surface area contributed by atoms with Crippen LogP contribution in [-0.2, 0) is 5.41 Å². The number of phenols is 1. The molecule has 56 heavy (non-hydrogen) atoms. The van der Waals surface area contributed by atoms with Crippen LogP contribution < -0.4 is 10.4 Å². The Kier molecular flexibility index (Phi) is 7.60. The maximum absolute atomic E-state index is 11.5. The third-order valence-electron chi connectivity index (χ3n) is 11.7. The molecule has 1 aliphatic heterocycles. The van der Waals surface area contributed by atoms with Crippen LogP contribution in [-0.4, -0.2) is 32.3 Å². The van der Waals surface area contributed by atoms with Gasteiger partial charge in [-0.15, -0.1) is 0 Å². The molecule has 9 aromatic rings. The smallest absolute Gasteiger partial charge is 0.165 e. The monoisotopic (exact) mass is 742 g/mol. The fourth-order valence-corrected chi connectivity index (χ4v) is 11.7. The van der Waals surface area contributed by atoms with Crippen LogP contribution in [0.2, 0.25) is 13.1 Å². The van der Waals surface area contributed by atoms with Crippen molar-refractivity contribution in [2.24, 2.45) is 0 Å². The molecular weight excluding hydrogens is 701 g/mol. The van der Waals surface area contributed by atoms with E-state index in [9.17, 15) is 5.11 Å². The van der Waals surface area contributed by atoms with Crippen molar-refractivity contribution in [3.63, 3.8) is 0 Å². The zero-order valence-electron chi connectivity index (χ0n) is 32.2. The summed E-state index contributed by atoms with van der Waals surface area (Å²) in [4.78, 5) is 10.5. The molecule has 10 rings (SSSR count). The number of fused-ring (bicyclic) bond motifs is 5. The van der Waals surface area contributed by atoms with E-state index in [1.807, 2.05) is 30.5 Å². The van der Waals surface area contributed by atoms with E-state index in [4.69, 9.17) is 9.97 Å². The van der Waals surface area contributed by atoms with Gasteiger partial charge < -0.3 is 5.11 Å². The minimum absolute atomic E-state index is 0.0520. The van der Waals surface area contributed by atoms with Crippen LogP contribution >= 0.6 is 0 Å². The lowest BCUT2D eigenvalue weighted by Gasteiger charge is -2.33. The van der Waals surface area contributed by atoms with Crippen molar-refractivity contribution in [1.29, 1.82) is 0 Å². The van der Waals surface area contributed by atoms with Gasteiger partial charge in [-0.05, 0) is 80.5 Å². The number of benzene rings is 6. The lowest BCUT2D eigenvalue weighted by molar-refractivity contribution is 0.477. The Labute approximate surface area is 328 Å².